The second kappa shape index (κ2) is 8.56. The number of ether oxygens (including phenoxy) is 1. The zero-order chi connectivity index (χ0) is 21.1. The largest absolute Gasteiger partial charge is 0.383 e. The van der Waals surface area contributed by atoms with E-state index >= 15 is 0 Å². The van der Waals surface area contributed by atoms with Crippen molar-refractivity contribution in [3.8, 4) is 0 Å². The van der Waals surface area contributed by atoms with Crippen LogP contribution in [0.5, 0.6) is 0 Å². The maximum absolute atomic E-state index is 13.7. The summed E-state index contributed by atoms with van der Waals surface area (Å²) in [5.41, 5.74) is 1.75. The van der Waals surface area contributed by atoms with E-state index in [-0.39, 0.29) is 11.8 Å². The lowest BCUT2D eigenvalue weighted by molar-refractivity contribution is -0.122. The van der Waals surface area contributed by atoms with E-state index in [0.717, 1.165) is 43.4 Å². The molecule has 1 aliphatic carbocycles. The molecule has 158 valence electrons. The van der Waals surface area contributed by atoms with Crippen LogP contribution in [0.1, 0.15) is 59.6 Å². The summed E-state index contributed by atoms with van der Waals surface area (Å²) < 4.78 is 5.31. The number of amides is 2. The molecule has 2 aromatic rings. The van der Waals surface area contributed by atoms with Crippen molar-refractivity contribution in [3.63, 3.8) is 0 Å². The Balaban J connectivity index is 1.80. The molecule has 1 atom stereocenters. The molecule has 6 nitrogen and oxygen atoms in total. The summed E-state index contributed by atoms with van der Waals surface area (Å²) in [7, 11) is 1.64. The van der Waals surface area contributed by atoms with Gasteiger partial charge < -0.3 is 15.0 Å². The molecule has 2 heterocycles. The van der Waals surface area contributed by atoms with Gasteiger partial charge in [0.2, 0.25) is 5.91 Å². The molecule has 1 spiro atoms. The Kier molecular flexibility index (Phi) is 5.86. The summed E-state index contributed by atoms with van der Waals surface area (Å²) in [6.45, 7) is 2.83. The normalized spacial score (nSPS) is 20.1. The lowest BCUT2D eigenvalue weighted by Crippen LogP contribution is -2.62. The zero-order valence-electron chi connectivity index (χ0n) is 17.7. The third-order valence-corrected chi connectivity index (χ3v) is 6.46. The first-order valence-electron chi connectivity index (χ1n) is 10.7. The van der Waals surface area contributed by atoms with Crippen molar-refractivity contribution < 1.29 is 14.3 Å². The number of nitrogens with one attached hydrogen (secondary N) is 1. The number of benzene rings is 1. The first-order valence-corrected chi connectivity index (χ1v) is 10.7. The van der Waals surface area contributed by atoms with Crippen molar-refractivity contribution in [1.82, 2.24) is 9.88 Å². The molecule has 30 heavy (non-hydrogen) atoms. The average Bonchev–Trinajstić information content (AvgIpc) is 2.74. The molecular formula is C24H29N3O3. The third kappa shape index (κ3) is 3.60. The highest BCUT2D eigenvalue weighted by atomic mass is 16.5. The van der Waals surface area contributed by atoms with E-state index < -0.39 is 11.5 Å². The van der Waals surface area contributed by atoms with Crippen LogP contribution < -0.4 is 5.32 Å². The number of aryl methyl sites for hydroxylation is 1. The molecule has 1 N–H and O–H groups in total. The fourth-order valence-corrected chi connectivity index (χ4v) is 5.16. The fraction of sp³-hybridized carbons (Fsp3) is 0.458. The zero-order valence-corrected chi connectivity index (χ0v) is 17.7. The SMILES string of the molecule is COCCN1C(=O)c2ccccc2C(C(=O)Nc2cccc(C)n2)C12CCCCC2. The molecule has 6 heteroatoms. The molecular weight excluding hydrogens is 378 g/mol. The molecule has 0 saturated heterocycles. The molecule has 1 aliphatic heterocycles. The van der Waals surface area contributed by atoms with E-state index in [2.05, 4.69) is 10.3 Å². The Morgan fingerprint density at radius 3 is 2.67 bits per heavy atom. The van der Waals surface area contributed by atoms with E-state index in [1.807, 2.05) is 48.2 Å². The van der Waals surface area contributed by atoms with Gasteiger partial charge in [-0.1, -0.05) is 43.5 Å². The topological polar surface area (TPSA) is 71.5 Å². The Bertz CT molecular complexity index is 937. The van der Waals surface area contributed by atoms with Crippen LogP contribution in [0.2, 0.25) is 0 Å². The van der Waals surface area contributed by atoms with Gasteiger partial charge in [0.05, 0.1) is 18.1 Å². The van der Waals surface area contributed by atoms with Gasteiger partial charge in [-0.3, -0.25) is 9.59 Å². The maximum Gasteiger partial charge on any atom is 0.254 e. The minimum atomic E-state index is -0.532. The van der Waals surface area contributed by atoms with E-state index in [4.69, 9.17) is 4.74 Å². The molecule has 1 saturated carbocycles. The van der Waals surface area contributed by atoms with Crippen LogP contribution >= 0.6 is 0 Å². The van der Waals surface area contributed by atoms with Gasteiger partial charge in [0.25, 0.3) is 5.91 Å². The fourth-order valence-electron chi connectivity index (χ4n) is 5.16. The Morgan fingerprint density at radius 1 is 1.17 bits per heavy atom. The third-order valence-electron chi connectivity index (χ3n) is 6.46. The monoisotopic (exact) mass is 407 g/mol. The second-order valence-electron chi connectivity index (χ2n) is 8.29. The minimum Gasteiger partial charge on any atom is -0.383 e. The summed E-state index contributed by atoms with van der Waals surface area (Å²) in [6.07, 6.45) is 4.77. The van der Waals surface area contributed by atoms with Crippen LogP contribution in [-0.4, -0.2) is 47.5 Å². The number of carbonyl (C=O) groups is 2. The van der Waals surface area contributed by atoms with E-state index in [9.17, 15) is 9.59 Å². The van der Waals surface area contributed by atoms with Crippen molar-refractivity contribution in [3.05, 3.63) is 59.3 Å². The second-order valence-corrected chi connectivity index (χ2v) is 8.29. The maximum atomic E-state index is 13.7. The summed E-state index contributed by atoms with van der Waals surface area (Å²) in [6, 6.07) is 13.1. The van der Waals surface area contributed by atoms with Crippen molar-refractivity contribution in [1.29, 1.82) is 0 Å². The number of nitrogens with zero attached hydrogens (tertiary/aromatic N) is 2. The summed E-state index contributed by atoms with van der Waals surface area (Å²) in [5, 5.41) is 3.04. The number of carbonyl (C=O) groups excluding carboxylic acids is 2. The number of methoxy groups -OCH3 is 1. The highest BCUT2D eigenvalue weighted by Gasteiger charge is 2.54. The molecule has 2 amide bonds. The number of pyridine rings is 1. The minimum absolute atomic E-state index is 0.00211. The highest BCUT2D eigenvalue weighted by Crippen LogP contribution is 2.49. The summed E-state index contributed by atoms with van der Waals surface area (Å²) in [4.78, 5) is 33.6. The van der Waals surface area contributed by atoms with Crippen molar-refractivity contribution in [2.45, 2.75) is 50.5 Å². The van der Waals surface area contributed by atoms with Crippen molar-refractivity contribution in [2.75, 3.05) is 25.6 Å². The van der Waals surface area contributed by atoms with Crippen LogP contribution in [-0.2, 0) is 9.53 Å². The number of fused-ring (bicyclic) bond motifs is 1. The molecule has 2 aliphatic rings. The van der Waals surface area contributed by atoms with E-state index in [1.54, 1.807) is 13.2 Å². The number of aromatic nitrogens is 1. The Hall–Kier alpha value is -2.73. The summed E-state index contributed by atoms with van der Waals surface area (Å²) in [5.74, 6) is 0.00861. The predicted molar refractivity (Wildman–Crippen MR) is 116 cm³/mol. The predicted octanol–water partition coefficient (Wildman–Crippen LogP) is 3.92. The van der Waals surface area contributed by atoms with Crippen LogP contribution in [0, 0.1) is 6.92 Å². The lowest BCUT2D eigenvalue weighted by atomic mass is 9.65. The van der Waals surface area contributed by atoms with Gasteiger partial charge in [-0.15, -0.1) is 0 Å². The molecule has 1 aromatic carbocycles. The number of hydrogen-bond acceptors (Lipinski definition) is 4. The standard InChI is InChI=1S/C24H29N3O3/c1-17-9-8-12-20(25-17)26-22(28)21-18-10-4-5-11-19(18)23(29)27(15-16-30-2)24(21)13-6-3-7-14-24/h4-5,8-12,21H,3,6-7,13-16H2,1-2H3,(H,25,26,28). The molecule has 1 fully saturated rings. The Labute approximate surface area is 177 Å². The van der Waals surface area contributed by atoms with Crippen LogP contribution in [0.25, 0.3) is 0 Å². The molecule has 0 radical (unpaired) electrons. The molecule has 4 rings (SSSR count). The highest BCUT2D eigenvalue weighted by molar-refractivity contribution is 6.04. The molecule has 1 unspecified atom stereocenters. The van der Waals surface area contributed by atoms with Crippen molar-refractivity contribution in [2.24, 2.45) is 0 Å². The quantitative estimate of drug-likeness (QED) is 0.816. The van der Waals surface area contributed by atoms with Crippen LogP contribution in [0.3, 0.4) is 0 Å². The molecule has 1 aromatic heterocycles. The number of hydrogen-bond donors (Lipinski definition) is 1. The lowest BCUT2D eigenvalue weighted by Gasteiger charge is -2.53. The average molecular weight is 408 g/mol. The number of anilines is 1. The van der Waals surface area contributed by atoms with E-state index in [0.29, 0.717) is 24.5 Å². The molecule has 0 bridgehead atoms. The van der Waals surface area contributed by atoms with Gasteiger partial charge in [0.1, 0.15) is 5.82 Å². The van der Waals surface area contributed by atoms with E-state index in [1.165, 1.54) is 0 Å². The van der Waals surface area contributed by atoms with Gasteiger partial charge in [0.15, 0.2) is 0 Å². The van der Waals surface area contributed by atoms with Gasteiger partial charge in [-0.2, -0.15) is 0 Å². The van der Waals surface area contributed by atoms with Crippen molar-refractivity contribution >= 4 is 17.6 Å². The van der Waals surface area contributed by atoms with Crippen LogP contribution in [0.4, 0.5) is 5.82 Å². The summed E-state index contributed by atoms with van der Waals surface area (Å²) >= 11 is 0. The van der Waals surface area contributed by atoms with Gasteiger partial charge >= 0.3 is 0 Å². The first kappa shape index (κ1) is 20.5. The Morgan fingerprint density at radius 2 is 1.93 bits per heavy atom. The number of rotatable bonds is 5. The van der Waals surface area contributed by atoms with Gasteiger partial charge in [-0.25, -0.2) is 4.98 Å². The van der Waals surface area contributed by atoms with Gasteiger partial charge in [0, 0.05) is 24.9 Å². The smallest absolute Gasteiger partial charge is 0.254 e. The van der Waals surface area contributed by atoms with Crippen LogP contribution in [0.15, 0.2) is 42.5 Å². The first-order chi connectivity index (χ1) is 14.6. The van der Waals surface area contributed by atoms with Gasteiger partial charge in [-0.05, 0) is 43.5 Å².